The Morgan fingerprint density at radius 2 is 1.60 bits per heavy atom. The summed E-state index contributed by atoms with van der Waals surface area (Å²) in [6, 6.07) is 7.08. The number of anilines is 1. The van der Waals surface area contributed by atoms with E-state index in [4.69, 9.17) is 0 Å². The van der Waals surface area contributed by atoms with E-state index < -0.39 is 21.3 Å². The Kier molecular flexibility index (Phi) is 7.39. The van der Waals surface area contributed by atoms with Gasteiger partial charge in [-0.25, -0.2) is 17.9 Å². The number of sulfonamides is 1. The van der Waals surface area contributed by atoms with Gasteiger partial charge in [0.05, 0.1) is 5.25 Å². The number of urea groups is 1. The average Bonchev–Trinajstić information content (AvgIpc) is 2.74. The monoisotopic (exact) mass is 435 g/mol. The van der Waals surface area contributed by atoms with Crippen LogP contribution in [0.5, 0.6) is 0 Å². The van der Waals surface area contributed by atoms with E-state index in [2.05, 4.69) is 21.9 Å². The molecule has 0 spiro atoms. The Labute approximate surface area is 179 Å². The van der Waals surface area contributed by atoms with E-state index in [9.17, 15) is 18.0 Å². The van der Waals surface area contributed by atoms with Crippen LogP contribution in [-0.4, -0.2) is 45.1 Å². The lowest BCUT2D eigenvalue weighted by Crippen LogP contribution is -2.49. The van der Waals surface area contributed by atoms with Gasteiger partial charge in [-0.15, -0.1) is 0 Å². The summed E-state index contributed by atoms with van der Waals surface area (Å²) in [4.78, 5) is 25.2. The molecule has 2 amide bonds. The first-order valence-electron chi connectivity index (χ1n) is 10.9. The number of carbonyl (C=O) groups is 2. The molecule has 0 unspecified atom stereocenters. The molecule has 2 aliphatic rings. The molecule has 8 heteroatoms. The third-order valence-corrected chi connectivity index (χ3v) is 8.47. The molecule has 0 atom stereocenters. The number of nitrogens with one attached hydrogen (secondary N) is 2. The molecule has 3 rings (SSSR count). The van der Waals surface area contributed by atoms with Crippen molar-refractivity contribution in [2.45, 2.75) is 75.6 Å². The molecule has 0 saturated heterocycles. The SMILES string of the molecule is CC1CCC(NC(=O)NS(=O)(=O)C2CCC(N(C)c3ccc(C=O)cc3)CC2)CC1. The minimum Gasteiger partial charge on any atom is -0.372 e. The number of nitrogens with zero attached hydrogens (tertiary/aromatic N) is 1. The summed E-state index contributed by atoms with van der Waals surface area (Å²) in [7, 11) is -1.69. The van der Waals surface area contributed by atoms with Crippen LogP contribution in [-0.2, 0) is 10.0 Å². The minimum absolute atomic E-state index is 0.0615. The fraction of sp³-hybridized carbons (Fsp3) is 0.636. The Hall–Kier alpha value is -2.09. The summed E-state index contributed by atoms with van der Waals surface area (Å²) in [6.07, 6.45) is 7.26. The summed E-state index contributed by atoms with van der Waals surface area (Å²) in [5, 5.41) is 2.29. The molecule has 7 nitrogen and oxygen atoms in total. The van der Waals surface area contributed by atoms with Crippen LogP contribution >= 0.6 is 0 Å². The molecule has 166 valence electrons. The topological polar surface area (TPSA) is 95.6 Å². The Balaban J connectivity index is 1.49. The summed E-state index contributed by atoms with van der Waals surface area (Å²) >= 11 is 0. The van der Waals surface area contributed by atoms with Crippen molar-refractivity contribution in [1.82, 2.24) is 10.0 Å². The maximum atomic E-state index is 12.7. The minimum atomic E-state index is -3.69. The maximum Gasteiger partial charge on any atom is 0.328 e. The van der Waals surface area contributed by atoms with E-state index >= 15 is 0 Å². The van der Waals surface area contributed by atoms with Gasteiger partial charge in [-0.05, 0) is 81.5 Å². The van der Waals surface area contributed by atoms with E-state index in [1.807, 2.05) is 19.2 Å². The molecular formula is C22H33N3O4S. The molecule has 2 N–H and O–H groups in total. The first-order valence-corrected chi connectivity index (χ1v) is 12.4. The third kappa shape index (κ3) is 5.74. The van der Waals surface area contributed by atoms with Crippen molar-refractivity contribution in [1.29, 1.82) is 0 Å². The Bertz CT molecular complexity index is 824. The molecule has 1 aromatic carbocycles. The Morgan fingerprint density at radius 3 is 2.17 bits per heavy atom. The zero-order valence-corrected chi connectivity index (χ0v) is 18.7. The first kappa shape index (κ1) is 22.6. The highest BCUT2D eigenvalue weighted by molar-refractivity contribution is 7.90. The molecule has 0 aromatic heterocycles. The number of amides is 2. The lowest BCUT2D eigenvalue weighted by Gasteiger charge is -2.35. The second-order valence-electron chi connectivity index (χ2n) is 8.83. The summed E-state index contributed by atoms with van der Waals surface area (Å²) in [5.41, 5.74) is 1.64. The van der Waals surface area contributed by atoms with Gasteiger partial charge in [0.2, 0.25) is 10.0 Å². The van der Waals surface area contributed by atoms with Gasteiger partial charge in [-0.3, -0.25) is 4.79 Å². The van der Waals surface area contributed by atoms with Crippen molar-refractivity contribution < 1.29 is 18.0 Å². The molecule has 1 aromatic rings. The number of carbonyl (C=O) groups excluding carboxylic acids is 2. The van der Waals surface area contributed by atoms with Crippen LogP contribution in [0.25, 0.3) is 0 Å². The smallest absolute Gasteiger partial charge is 0.328 e. The van der Waals surface area contributed by atoms with Gasteiger partial charge in [-0.2, -0.15) is 0 Å². The molecule has 2 fully saturated rings. The van der Waals surface area contributed by atoms with E-state index in [1.54, 1.807) is 12.1 Å². The van der Waals surface area contributed by atoms with Crippen LogP contribution in [0.15, 0.2) is 24.3 Å². The zero-order chi connectivity index (χ0) is 21.7. The molecule has 30 heavy (non-hydrogen) atoms. The highest BCUT2D eigenvalue weighted by Gasteiger charge is 2.34. The van der Waals surface area contributed by atoms with Crippen molar-refractivity contribution in [2.24, 2.45) is 5.92 Å². The van der Waals surface area contributed by atoms with Crippen molar-refractivity contribution >= 4 is 28.0 Å². The third-order valence-electron chi connectivity index (χ3n) is 6.65. The van der Waals surface area contributed by atoms with Gasteiger partial charge in [0.15, 0.2) is 0 Å². The van der Waals surface area contributed by atoms with Crippen molar-refractivity contribution in [3.8, 4) is 0 Å². The van der Waals surface area contributed by atoms with Gasteiger partial charge in [0, 0.05) is 30.4 Å². The van der Waals surface area contributed by atoms with Crippen LogP contribution in [0.3, 0.4) is 0 Å². The number of benzene rings is 1. The number of hydrogen-bond donors (Lipinski definition) is 2. The summed E-state index contributed by atoms with van der Waals surface area (Å²) < 4.78 is 27.6. The van der Waals surface area contributed by atoms with Crippen LogP contribution in [0.4, 0.5) is 10.5 Å². The molecule has 0 radical (unpaired) electrons. The standard InChI is InChI=1S/C22H33N3O4S/c1-16-3-7-18(8-4-16)23-22(27)24-30(28,29)21-13-11-20(12-14-21)25(2)19-9-5-17(15-26)6-10-19/h5-6,9-10,15-16,18,20-21H,3-4,7-8,11-14H2,1-2H3,(H2,23,24,27). The number of hydrogen-bond acceptors (Lipinski definition) is 5. The van der Waals surface area contributed by atoms with Crippen molar-refractivity contribution in [3.05, 3.63) is 29.8 Å². The molecule has 2 aliphatic carbocycles. The quantitative estimate of drug-likeness (QED) is 0.667. The number of rotatable bonds is 6. The van der Waals surface area contributed by atoms with Crippen molar-refractivity contribution in [2.75, 3.05) is 11.9 Å². The maximum absolute atomic E-state index is 12.7. The largest absolute Gasteiger partial charge is 0.372 e. The van der Waals surface area contributed by atoms with Gasteiger partial charge in [0.25, 0.3) is 0 Å². The second-order valence-corrected chi connectivity index (χ2v) is 10.8. The lowest BCUT2D eigenvalue weighted by molar-refractivity contribution is 0.112. The van der Waals surface area contributed by atoms with E-state index in [1.165, 1.54) is 0 Å². The van der Waals surface area contributed by atoms with Gasteiger partial charge >= 0.3 is 6.03 Å². The highest BCUT2D eigenvalue weighted by atomic mass is 32.2. The molecule has 2 saturated carbocycles. The first-order chi connectivity index (χ1) is 14.3. The second kappa shape index (κ2) is 9.81. The summed E-state index contributed by atoms with van der Waals surface area (Å²) in [6.45, 7) is 2.20. The fourth-order valence-electron chi connectivity index (χ4n) is 4.57. The van der Waals surface area contributed by atoms with Gasteiger partial charge < -0.3 is 10.2 Å². The van der Waals surface area contributed by atoms with Crippen LogP contribution in [0, 0.1) is 5.92 Å². The fourth-order valence-corrected chi connectivity index (χ4v) is 5.95. The molecule has 0 heterocycles. The predicted octanol–water partition coefficient (Wildman–Crippen LogP) is 3.45. The van der Waals surface area contributed by atoms with Gasteiger partial charge in [-0.1, -0.05) is 6.92 Å². The molecular weight excluding hydrogens is 402 g/mol. The molecule has 0 bridgehead atoms. The van der Waals surface area contributed by atoms with Crippen LogP contribution < -0.4 is 14.9 Å². The van der Waals surface area contributed by atoms with E-state index in [0.29, 0.717) is 24.3 Å². The number of aldehydes is 1. The zero-order valence-electron chi connectivity index (χ0n) is 17.8. The van der Waals surface area contributed by atoms with E-state index in [-0.39, 0.29) is 12.1 Å². The summed E-state index contributed by atoms with van der Waals surface area (Å²) in [5.74, 6) is 0.672. The Morgan fingerprint density at radius 1 is 1.00 bits per heavy atom. The van der Waals surface area contributed by atoms with Gasteiger partial charge in [0.1, 0.15) is 6.29 Å². The van der Waals surface area contributed by atoms with Crippen LogP contribution in [0.1, 0.15) is 68.6 Å². The van der Waals surface area contributed by atoms with E-state index in [0.717, 1.165) is 50.5 Å². The lowest BCUT2D eigenvalue weighted by atomic mass is 9.87. The predicted molar refractivity (Wildman–Crippen MR) is 118 cm³/mol. The highest BCUT2D eigenvalue weighted by Crippen LogP contribution is 2.29. The van der Waals surface area contributed by atoms with Crippen LogP contribution in [0.2, 0.25) is 0 Å². The average molecular weight is 436 g/mol. The normalized spacial score (nSPS) is 27.1. The van der Waals surface area contributed by atoms with Crippen molar-refractivity contribution in [3.63, 3.8) is 0 Å². The molecule has 0 aliphatic heterocycles.